The maximum atomic E-state index is 14.8. The molecule has 2 heterocycles. The molecule has 6 nitrogen and oxygen atoms in total. The zero-order chi connectivity index (χ0) is 27.4. The standard InChI is InChI=1S/C32H32FN3O3/c1-21-16-25(20-34-21)32(39)19-23-4-11-30(29(33)17-23)35-26-7-2-22(3-8-26)18-31(38)24-5-9-27(10-6-24)36-14-12-28(37)13-15-36/h2-11,16-17,20,28,34-35,37H,12-15,18-19H2,1H3. The van der Waals surface area contributed by atoms with E-state index in [1.165, 1.54) is 6.07 Å². The summed E-state index contributed by atoms with van der Waals surface area (Å²) in [7, 11) is 0. The average molecular weight is 526 g/mol. The third-order valence-electron chi connectivity index (χ3n) is 7.16. The third kappa shape index (κ3) is 6.62. The van der Waals surface area contributed by atoms with Gasteiger partial charge in [0.2, 0.25) is 0 Å². The number of rotatable bonds is 9. The van der Waals surface area contributed by atoms with Crippen LogP contribution in [0.25, 0.3) is 0 Å². The predicted molar refractivity (Wildman–Crippen MR) is 152 cm³/mol. The Hall–Kier alpha value is -4.23. The first kappa shape index (κ1) is 26.4. The molecule has 0 unspecified atom stereocenters. The molecule has 39 heavy (non-hydrogen) atoms. The average Bonchev–Trinajstić information content (AvgIpc) is 3.38. The molecular weight excluding hydrogens is 493 g/mol. The summed E-state index contributed by atoms with van der Waals surface area (Å²) in [5.41, 5.74) is 5.71. The fourth-order valence-corrected chi connectivity index (χ4v) is 4.86. The van der Waals surface area contributed by atoms with Crippen LogP contribution in [0.3, 0.4) is 0 Å². The summed E-state index contributed by atoms with van der Waals surface area (Å²) in [5.74, 6) is -0.473. The SMILES string of the molecule is Cc1cc(C(=O)Cc2ccc(Nc3ccc(CC(=O)c4ccc(N5CCC(O)CC5)cc4)cc3)c(F)c2)c[nH]1. The molecule has 0 saturated carbocycles. The van der Waals surface area contributed by atoms with E-state index in [2.05, 4.69) is 15.2 Å². The first-order valence-electron chi connectivity index (χ1n) is 13.2. The molecule has 0 aliphatic carbocycles. The van der Waals surface area contributed by atoms with Crippen molar-refractivity contribution in [2.75, 3.05) is 23.3 Å². The molecule has 0 amide bonds. The van der Waals surface area contributed by atoms with Crippen LogP contribution >= 0.6 is 0 Å². The Labute approximate surface area is 227 Å². The monoisotopic (exact) mass is 525 g/mol. The Kier molecular flexibility index (Phi) is 7.89. The number of aryl methyl sites for hydroxylation is 1. The molecule has 0 bridgehead atoms. The summed E-state index contributed by atoms with van der Waals surface area (Å²) in [6.45, 7) is 3.51. The lowest BCUT2D eigenvalue weighted by molar-refractivity contribution is 0.0985. The molecule has 5 rings (SSSR count). The Balaban J connectivity index is 1.16. The number of aromatic amines is 1. The molecule has 1 saturated heterocycles. The number of Topliss-reactive ketones (excluding diaryl/α,β-unsaturated/α-hetero) is 2. The number of aromatic nitrogens is 1. The minimum atomic E-state index is -0.436. The van der Waals surface area contributed by atoms with E-state index in [-0.39, 0.29) is 30.5 Å². The zero-order valence-electron chi connectivity index (χ0n) is 21.9. The van der Waals surface area contributed by atoms with Crippen molar-refractivity contribution >= 4 is 28.6 Å². The molecule has 0 radical (unpaired) electrons. The highest BCUT2D eigenvalue weighted by atomic mass is 19.1. The van der Waals surface area contributed by atoms with Gasteiger partial charge in [0.25, 0.3) is 0 Å². The molecule has 3 N–H and O–H groups in total. The van der Waals surface area contributed by atoms with E-state index >= 15 is 0 Å². The number of piperidine rings is 1. The number of hydrogen-bond acceptors (Lipinski definition) is 5. The van der Waals surface area contributed by atoms with Crippen molar-refractivity contribution in [1.82, 2.24) is 4.98 Å². The topological polar surface area (TPSA) is 85.4 Å². The van der Waals surface area contributed by atoms with Crippen LogP contribution in [0, 0.1) is 12.7 Å². The summed E-state index contributed by atoms with van der Waals surface area (Å²) < 4.78 is 14.8. The van der Waals surface area contributed by atoms with Crippen molar-refractivity contribution in [2.45, 2.75) is 38.7 Å². The van der Waals surface area contributed by atoms with E-state index in [1.807, 2.05) is 55.5 Å². The maximum absolute atomic E-state index is 14.8. The fraction of sp³-hybridized carbons (Fsp3) is 0.250. The number of anilines is 3. The summed E-state index contributed by atoms with van der Waals surface area (Å²) in [6.07, 6.45) is 3.37. The molecule has 1 fully saturated rings. The Bertz CT molecular complexity index is 1450. The van der Waals surface area contributed by atoms with Gasteiger partial charge in [-0.3, -0.25) is 9.59 Å². The van der Waals surface area contributed by atoms with Crippen LogP contribution in [0.4, 0.5) is 21.5 Å². The van der Waals surface area contributed by atoms with Crippen LogP contribution < -0.4 is 10.2 Å². The van der Waals surface area contributed by atoms with E-state index in [4.69, 9.17) is 0 Å². The highest BCUT2D eigenvalue weighted by Crippen LogP contribution is 2.24. The van der Waals surface area contributed by atoms with E-state index in [1.54, 1.807) is 24.4 Å². The van der Waals surface area contributed by atoms with Gasteiger partial charge in [0.05, 0.1) is 11.8 Å². The van der Waals surface area contributed by atoms with Crippen molar-refractivity contribution in [3.8, 4) is 0 Å². The van der Waals surface area contributed by atoms with Crippen LogP contribution in [-0.4, -0.2) is 40.9 Å². The lowest BCUT2D eigenvalue weighted by Crippen LogP contribution is -2.35. The van der Waals surface area contributed by atoms with E-state index < -0.39 is 5.82 Å². The molecule has 1 aliphatic heterocycles. The second-order valence-corrected chi connectivity index (χ2v) is 10.2. The van der Waals surface area contributed by atoms with Gasteiger partial charge in [-0.25, -0.2) is 4.39 Å². The van der Waals surface area contributed by atoms with Gasteiger partial charge in [-0.2, -0.15) is 0 Å². The van der Waals surface area contributed by atoms with Gasteiger partial charge in [-0.1, -0.05) is 18.2 Å². The minimum absolute atomic E-state index is 0.0299. The lowest BCUT2D eigenvalue weighted by atomic mass is 10.0. The van der Waals surface area contributed by atoms with Crippen molar-refractivity contribution in [1.29, 1.82) is 0 Å². The minimum Gasteiger partial charge on any atom is -0.393 e. The van der Waals surface area contributed by atoms with E-state index in [0.29, 0.717) is 28.1 Å². The number of ketones is 2. The number of carbonyl (C=O) groups excluding carboxylic acids is 2. The van der Waals surface area contributed by atoms with Gasteiger partial charge < -0.3 is 20.3 Å². The number of carbonyl (C=O) groups is 2. The first-order valence-corrected chi connectivity index (χ1v) is 13.2. The van der Waals surface area contributed by atoms with Gasteiger partial charge >= 0.3 is 0 Å². The Morgan fingerprint density at radius 3 is 2.18 bits per heavy atom. The van der Waals surface area contributed by atoms with Crippen LogP contribution in [0.15, 0.2) is 79.0 Å². The number of aliphatic hydroxyl groups is 1. The first-order chi connectivity index (χ1) is 18.8. The normalized spacial score (nSPS) is 13.9. The molecule has 7 heteroatoms. The number of H-pyrrole nitrogens is 1. The van der Waals surface area contributed by atoms with Crippen molar-refractivity contribution < 1.29 is 19.1 Å². The molecular formula is C32H32FN3O3. The molecule has 1 aliphatic rings. The van der Waals surface area contributed by atoms with Crippen LogP contribution in [0.1, 0.15) is 50.4 Å². The number of nitrogens with one attached hydrogen (secondary N) is 2. The number of hydrogen-bond donors (Lipinski definition) is 3. The van der Waals surface area contributed by atoms with Gasteiger partial charge in [-0.05, 0) is 85.5 Å². The molecule has 200 valence electrons. The molecule has 4 aromatic rings. The number of aliphatic hydroxyl groups excluding tert-OH is 1. The third-order valence-corrected chi connectivity index (χ3v) is 7.16. The van der Waals surface area contributed by atoms with Crippen molar-refractivity contribution in [2.24, 2.45) is 0 Å². The predicted octanol–water partition coefficient (Wildman–Crippen LogP) is 6.02. The zero-order valence-corrected chi connectivity index (χ0v) is 21.9. The van der Waals surface area contributed by atoms with Crippen LogP contribution in [0.2, 0.25) is 0 Å². The maximum Gasteiger partial charge on any atom is 0.168 e. The molecule has 3 aromatic carbocycles. The van der Waals surface area contributed by atoms with Gasteiger partial charge in [0.15, 0.2) is 11.6 Å². The second-order valence-electron chi connectivity index (χ2n) is 10.2. The molecule has 0 atom stereocenters. The lowest BCUT2D eigenvalue weighted by Gasteiger charge is -2.31. The highest BCUT2D eigenvalue weighted by molar-refractivity contribution is 5.98. The number of nitrogens with zero attached hydrogens (tertiary/aromatic N) is 1. The second kappa shape index (κ2) is 11.7. The quantitative estimate of drug-likeness (QED) is 0.233. The fourth-order valence-electron chi connectivity index (χ4n) is 4.86. The van der Waals surface area contributed by atoms with Gasteiger partial charge in [0.1, 0.15) is 5.82 Å². The van der Waals surface area contributed by atoms with Gasteiger partial charge in [-0.15, -0.1) is 0 Å². The summed E-state index contributed by atoms with van der Waals surface area (Å²) in [5, 5.41) is 12.8. The molecule has 0 spiro atoms. The van der Waals surface area contributed by atoms with Crippen molar-refractivity contribution in [3.63, 3.8) is 0 Å². The summed E-state index contributed by atoms with van der Waals surface area (Å²) in [6, 6.07) is 21.6. The Morgan fingerprint density at radius 1 is 0.897 bits per heavy atom. The Morgan fingerprint density at radius 2 is 1.54 bits per heavy atom. The summed E-state index contributed by atoms with van der Waals surface area (Å²) >= 11 is 0. The number of halogens is 1. The van der Waals surface area contributed by atoms with E-state index in [0.717, 1.165) is 42.9 Å². The van der Waals surface area contributed by atoms with E-state index in [9.17, 15) is 19.1 Å². The smallest absolute Gasteiger partial charge is 0.168 e. The van der Waals surface area contributed by atoms with Gasteiger partial charge in [0, 0.05) is 60.3 Å². The largest absolute Gasteiger partial charge is 0.393 e. The highest BCUT2D eigenvalue weighted by Gasteiger charge is 2.18. The molecule has 1 aromatic heterocycles. The van der Waals surface area contributed by atoms with Crippen molar-refractivity contribution in [3.05, 3.63) is 113 Å². The number of benzene rings is 3. The van der Waals surface area contributed by atoms with Crippen LogP contribution in [-0.2, 0) is 12.8 Å². The summed E-state index contributed by atoms with van der Waals surface area (Å²) in [4.78, 5) is 30.5. The van der Waals surface area contributed by atoms with Crippen LogP contribution in [0.5, 0.6) is 0 Å².